The number of hydrogen-bond donors (Lipinski definition) is 1. The number of fused-ring (bicyclic) bond motifs is 1. The molecule has 3 aromatic rings. The zero-order valence-corrected chi connectivity index (χ0v) is 19.0. The van der Waals surface area contributed by atoms with Gasteiger partial charge < -0.3 is 9.88 Å². The predicted molar refractivity (Wildman–Crippen MR) is 125 cm³/mol. The third-order valence-corrected chi connectivity index (χ3v) is 6.79. The number of carbonyl (C=O) groups excluding carboxylic acids is 1. The van der Waals surface area contributed by atoms with E-state index in [-0.39, 0.29) is 17.5 Å². The first kappa shape index (κ1) is 21.5. The third kappa shape index (κ3) is 4.59. The van der Waals surface area contributed by atoms with Crippen LogP contribution in [0.2, 0.25) is 0 Å². The van der Waals surface area contributed by atoms with Gasteiger partial charge in [-0.2, -0.15) is 0 Å². The van der Waals surface area contributed by atoms with Crippen molar-refractivity contribution in [2.24, 2.45) is 0 Å². The molecule has 1 atom stereocenters. The van der Waals surface area contributed by atoms with E-state index in [0.29, 0.717) is 25.3 Å². The summed E-state index contributed by atoms with van der Waals surface area (Å²) >= 11 is 0. The van der Waals surface area contributed by atoms with Gasteiger partial charge in [-0.3, -0.25) is 19.5 Å². The normalized spacial score (nSPS) is 18.3. The van der Waals surface area contributed by atoms with E-state index < -0.39 is 0 Å². The summed E-state index contributed by atoms with van der Waals surface area (Å²) in [5.41, 5.74) is 4.84. The number of H-pyrrole nitrogens is 1. The van der Waals surface area contributed by atoms with Gasteiger partial charge in [0.05, 0.1) is 23.7 Å². The molecule has 2 aliphatic rings. The first-order valence-electron chi connectivity index (χ1n) is 11.7. The van der Waals surface area contributed by atoms with E-state index in [1.54, 1.807) is 6.20 Å². The van der Waals surface area contributed by atoms with Gasteiger partial charge >= 0.3 is 0 Å². The number of carbonyl (C=O) groups is 1. The molecule has 4 heterocycles. The summed E-state index contributed by atoms with van der Waals surface area (Å²) in [6, 6.07) is 11.8. The number of aromatic nitrogens is 3. The molecule has 0 spiro atoms. The Morgan fingerprint density at radius 3 is 2.88 bits per heavy atom. The highest BCUT2D eigenvalue weighted by Crippen LogP contribution is 2.31. The lowest BCUT2D eigenvalue weighted by atomic mass is 10.0. The van der Waals surface area contributed by atoms with Gasteiger partial charge in [0.1, 0.15) is 5.82 Å². The molecule has 1 fully saturated rings. The van der Waals surface area contributed by atoms with Crippen molar-refractivity contribution < 1.29 is 4.79 Å². The number of nitrogens with one attached hydrogen (secondary N) is 1. The Hall–Kier alpha value is -3.32. The molecule has 33 heavy (non-hydrogen) atoms. The molecule has 0 bridgehead atoms. The van der Waals surface area contributed by atoms with Crippen LogP contribution in [-0.4, -0.2) is 43.7 Å². The maximum Gasteiger partial charge on any atom is 0.255 e. The van der Waals surface area contributed by atoms with Gasteiger partial charge in [-0.1, -0.05) is 30.3 Å². The van der Waals surface area contributed by atoms with E-state index in [1.807, 2.05) is 48.4 Å². The van der Waals surface area contributed by atoms with Crippen LogP contribution in [0.3, 0.4) is 0 Å². The van der Waals surface area contributed by atoms with Crippen LogP contribution >= 0.6 is 0 Å². The maximum atomic E-state index is 13.1. The van der Waals surface area contributed by atoms with Gasteiger partial charge in [0.25, 0.3) is 5.56 Å². The molecule has 1 aromatic carbocycles. The van der Waals surface area contributed by atoms with Crippen molar-refractivity contribution in [3.8, 4) is 0 Å². The Labute approximate surface area is 193 Å². The number of benzene rings is 1. The van der Waals surface area contributed by atoms with Crippen molar-refractivity contribution in [3.05, 3.63) is 92.9 Å². The van der Waals surface area contributed by atoms with Crippen molar-refractivity contribution in [1.82, 2.24) is 24.8 Å². The van der Waals surface area contributed by atoms with E-state index in [4.69, 9.17) is 4.98 Å². The van der Waals surface area contributed by atoms with Crippen molar-refractivity contribution >= 4 is 5.91 Å². The summed E-state index contributed by atoms with van der Waals surface area (Å²) in [5.74, 6) is 0.727. The van der Waals surface area contributed by atoms with Gasteiger partial charge in [0, 0.05) is 45.0 Å². The Morgan fingerprint density at radius 2 is 2.06 bits per heavy atom. The highest BCUT2D eigenvalue weighted by molar-refractivity contribution is 5.79. The zero-order chi connectivity index (χ0) is 22.8. The van der Waals surface area contributed by atoms with E-state index in [9.17, 15) is 9.59 Å². The number of hydrogen-bond acceptors (Lipinski definition) is 5. The summed E-state index contributed by atoms with van der Waals surface area (Å²) in [6.07, 6.45) is 6.49. The summed E-state index contributed by atoms with van der Waals surface area (Å²) < 4.78 is 0. The van der Waals surface area contributed by atoms with Crippen LogP contribution in [0.1, 0.15) is 52.7 Å². The zero-order valence-electron chi connectivity index (χ0n) is 19.0. The van der Waals surface area contributed by atoms with Crippen LogP contribution in [-0.2, 0) is 30.7 Å². The minimum atomic E-state index is -0.159. The van der Waals surface area contributed by atoms with Gasteiger partial charge in [0.15, 0.2) is 0 Å². The molecule has 5 rings (SSSR count). The van der Waals surface area contributed by atoms with Crippen molar-refractivity contribution in [2.75, 3.05) is 13.1 Å². The molecular weight excluding hydrogens is 414 g/mol. The standard InChI is InChI=1S/C26H29N5O2/c1-18-6-2-3-8-20(18)14-24(32)31-12-5-9-23(31)25-28-22-10-13-30(17-21(22)26(33)29-25)16-19-7-4-11-27-15-19/h2-4,6-8,11,15,23H,5,9-10,12-14,16-17H2,1H3,(H,28,29,33)/t23-/m1/s1. The predicted octanol–water partition coefficient (Wildman–Crippen LogP) is 2.94. The minimum absolute atomic E-state index is 0.0795. The van der Waals surface area contributed by atoms with Crippen LogP contribution in [0.25, 0.3) is 0 Å². The monoisotopic (exact) mass is 443 g/mol. The molecule has 170 valence electrons. The number of likely N-dealkylation sites (tertiary alicyclic amines) is 1. The molecule has 1 N–H and O–H groups in total. The molecule has 2 aromatic heterocycles. The Balaban J connectivity index is 1.33. The highest BCUT2D eigenvalue weighted by atomic mass is 16.2. The van der Waals surface area contributed by atoms with Crippen molar-refractivity contribution in [1.29, 1.82) is 0 Å². The summed E-state index contributed by atoms with van der Waals surface area (Å²) in [6.45, 7) is 4.92. The molecular formula is C26H29N5O2. The average Bonchev–Trinajstić information content (AvgIpc) is 3.32. The first-order valence-corrected chi connectivity index (χ1v) is 11.7. The molecule has 7 heteroatoms. The number of amides is 1. The maximum absolute atomic E-state index is 13.1. The second-order valence-corrected chi connectivity index (χ2v) is 9.05. The average molecular weight is 444 g/mol. The highest BCUT2D eigenvalue weighted by Gasteiger charge is 2.33. The SMILES string of the molecule is Cc1ccccc1CC(=O)N1CCC[C@@H]1c1nc2c(c(=O)[nH]1)CN(Cc1cccnc1)CC2. The molecule has 0 aliphatic carbocycles. The summed E-state index contributed by atoms with van der Waals surface area (Å²) in [7, 11) is 0. The summed E-state index contributed by atoms with van der Waals surface area (Å²) in [5, 5.41) is 0. The molecule has 1 amide bonds. The molecule has 0 saturated carbocycles. The topological polar surface area (TPSA) is 82.2 Å². The molecule has 7 nitrogen and oxygen atoms in total. The van der Waals surface area contributed by atoms with Gasteiger partial charge in [0.2, 0.25) is 5.91 Å². The lowest BCUT2D eigenvalue weighted by Crippen LogP contribution is -2.38. The van der Waals surface area contributed by atoms with Gasteiger partial charge in [-0.05, 0) is 42.5 Å². The van der Waals surface area contributed by atoms with Crippen LogP contribution in [0.15, 0.2) is 53.6 Å². The Kier molecular flexibility index (Phi) is 6.05. The van der Waals surface area contributed by atoms with Crippen LogP contribution in [0.4, 0.5) is 0 Å². The molecule has 2 aliphatic heterocycles. The second kappa shape index (κ2) is 9.27. The van der Waals surface area contributed by atoms with Crippen LogP contribution < -0.4 is 5.56 Å². The molecule has 0 unspecified atom stereocenters. The molecule has 0 radical (unpaired) electrons. The van der Waals surface area contributed by atoms with Crippen LogP contribution in [0.5, 0.6) is 0 Å². The van der Waals surface area contributed by atoms with E-state index in [2.05, 4.69) is 20.9 Å². The second-order valence-electron chi connectivity index (χ2n) is 9.05. The fraction of sp³-hybridized carbons (Fsp3) is 0.385. The summed E-state index contributed by atoms with van der Waals surface area (Å²) in [4.78, 5) is 42.4. The number of aromatic amines is 1. The molecule has 1 saturated heterocycles. The van der Waals surface area contributed by atoms with E-state index in [1.165, 1.54) is 0 Å². The fourth-order valence-corrected chi connectivity index (χ4v) is 4.97. The largest absolute Gasteiger partial charge is 0.332 e. The van der Waals surface area contributed by atoms with E-state index >= 15 is 0 Å². The third-order valence-electron chi connectivity index (χ3n) is 6.79. The Morgan fingerprint density at radius 1 is 1.18 bits per heavy atom. The number of aryl methyl sites for hydroxylation is 1. The number of pyridine rings is 1. The first-order chi connectivity index (χ1) is 16.1. The van der Waals surface area contributed by atoms with E-state index in [0.717, 1.165) is 60.3 Å². The lowest BCUT2D eigenvalue weighted by molar-refractivity contribution is -0.131. The minimum Gasteiger partial charge on any atom is -0.332 e. The van der Waals surface area contributed by atoms with Crippen molar-refractivity contribution in [2.45, 2.75) is 51.7 Å². The quantitative estimate of drug-likeness (QED) is 0.656. The smallest absolute Gasteiger partial charge is 0.255 e. The van der Waals surface area contributed by atoms with Gasteiger partial charge in [-0.15, -0.1) is 0 Å². The fourth-order valence-electron chi connectivity index (χ4n) is 4.97. The lowest BCUT2D eigenvalue weighted by Gasteiger charge is -2.29. The Bertz CT molecular complexity index is 1210. The van der Waals surface area contributed by atoms with Gasteiger partial charge in [-0.25, -0.2) is 4.98 Å². The number of nitrogens with zero attached hydrogens (tertiary/aromatic N) is 4. The van der Waals surface area contributed by atoms with Crippen LogP contribution in [0, 0.1) is 6.92 Å². The number of rotatable bonds is 5. The van der Waals surface area contributed by atoms with Crippen molar-refractivity contribution in [3.63, 3.8) is 0 Å².